The number of ether oxygens (including phenoxy) is 1. The number of aromatic nitrogens is 5. The first-order valence-corrected chi connectivity index (χ1v) is 10.2. The number of nitrogens with one attached hydrogen (secondary N) is 2. The number of nitrogens with zero attached hydrogens (tertiary/aromatic N) is 5. The minimum absolute atomic E-state index is 0.741. The number of imidazole rings is 1. The molecule has 30 heavy (non-hydrogen) atoms. The maximum atomic E-state index is 5.45. The largest absolute Gasteiger partial charge is 0.379 e. The second-order valence-electron chi connectivity index (χ2n) is 7.71. The maximum Gasteiger partial charge on any atom is 0.180 e. The molecule has 1 fully saturated rings. The molecule has 8 nitrogen and oxygen atoms in total. The van der Waals surface area contributed by atoms with Crippen LogP contribution in [0.15, 0.2) is 43.0 Å². The summed E-state index contributed by atoms with van der Waals surface area (Å²) < 4.78 is 7.50. The first kappa shape index (κ1) is 18.8. The van der Waals surface area contributed by atoms with Crippen LogP contribution in [0.5, 0.6) is 0 Å². The molecule has 0 unspecified atom stereocenters. The lowest BCUT2D eigenvalue weighted by Crippen LogP contribution is -2.35. The highest BCUT2D eigenvalue weighted by molar-refractivity contribution is 5.74. The molecule has 1 saturated heterocycles. The fourth-order valence-electron chi connectivity index (χ4n) is 3.89. The van der Waals surface area contributed by atoms with E-state index >= 15 is 0 Å². The Morgan fingerprint density at radius 2 is 2.03 bits per heavy atom. The van der Waals surface area contributed by atoms with Crippen molar-refractivity contribution in [2.24, 2.45) is 0 Å². The van der Waals surface area contributed by atoms with Crippen LogP contribution in [0, 0.1) is 13.8 Å². The van der Waals surface area contributed by atoms with Gasteiger partial charge in [-0.2, -0.15) is 5.10 Å². The Bertz CT molecular complexity index is 1160. The molecular weight excluding hydrogens is 378 g/mol. The molecule has 8 heteroatoms. The molecule has 0 bridgehead atoms. The molecule has 154 valence electrons. The Kier molecular flexibility index (Phi) is 4.94. The lowest BCUT2D eigenvalue weighted by atomic mass is 10.1. The number of benzene rings is 1. The van der Waals surface area contributed by atoms with Crippen LogP contribution in [0.1, 0.15) is 16.8 Å². The molecule has 0 aliphatic carbocycles. The second kappa shape index (κ2) is 7.89. The smallest absolute Gasteiger partial charge is 0.180 e. The quantitative estimate of drug-likeness (QED) is 0.532. The van der Waals surface area contributed by atoms with Crippen LogP contribution >= 0.6 is 0 Å². The van der Waals surface area contributed by atoms with E-state index in [1.54, 1.807) is 6.20 Å². The van der Waals surface area contributed by atoms with Gasteiger partial charge in [0, 0.05) is 43.3 Å². The number of hydrogen-bond acceptors (Lipinski definition) is 6. The fourth-order valence-corrected chi connectivity index (χ4v) is 3.89. The molecule has 0 atom stereocenters. The normalized spacial score (nSPS) is 15.0. The second-order valence-corrected chi connectivity index (χ2v) is 7.71. The number of anilines is 2. The number of fused-ring (bicyclic) bond motifs is 1. The molecule has 2 N–H and O–H groups in total. The Hall–Kier alpha value is -3.23. The Labute approximate surface area is 174 Å². The molecule has 1 aliphatic rings. The summed E-state index contributed by atoms with van der Waals surface area (Å²) in [7, 11) is 0. The van der Waals surface area contributed by atoms with E-state index in [2.05, 4.69) is 54.9 Å². The molecule has 5 rings (SSSR count). The van der Waals surface area contributed by atoms with Gasteiger partial charge >= 0.3 is 0 Å². The van der Waals surface area contributed by atoms with Crippen LogP contribution in [-0.4, -0.2) is 55.8 Å². The Balaban J connectivity index is 1.42. The Morgan fingerprint density at radius 3 is 2.80 bits per heavy atom. The summed E-state index contributed by atoms with van der Waals surface area (Å²) >= 11 is 0. The SMILES string of the molecule is Cc1cn2c(-c3cn[nH]c3)cnc2c(Nc2ccc(CN3CCOCC3)c(C)c2)n1. The van der Waals surface area contributed by atoms with Gasteiger partial charge in [0.15, 0.2) is 11.5 Å². The van der Waals surface area contributed by atoms with E-state index in [1.165, 1.54) is 11.1 Å². The van der Waals surface area contributed by atoms with Crippen molar-refractivity contribution in [1.82, 2.24) is 29.5 Å². The number of hydrogen-bond donors (Lipinski definition) is 2. The van der Waals surface area contributed by atoms with E-state index < -0.39 is 0 Å². The number of morpholine rings is 1. The fraction of sp³-hybridized carbons (Fsp3) is 0.318. The van der Waals surface area contributed by atoms with Gasteiger partial charge in [-0.25, -0.2) is 9.97 Å². The van der Waals surface area contributed by atoms with Crippen LogP contribution in [0.3, 0.4) is 0 Å². The first-order valence-electron chi connectivity index (χ1n) is 10.2. The molecule has 0 spiro atoms. The molecule has 0 saturated carbocycles. The number of H-pyrrole nitrogens is 1. The van der Waals surface area contributed by atoms with Crippen molar-refractivity contribution in [2.45, 2.75) is 20.4 Å². The van der Waals surface area contributed by atoms with Gasteiger partial charge in [-0.05, 0) is 37.1 Å². The third-order valence-electron chi connectivity index (χ3n) is 5.51. The number of aryl methyl sites for hydroxylation is 2. The average molecular weight is 403 g/mol. The lowest BCUT2D eigenvalue weighted by Gasteiger charge is -2.27. The van der Waals surface area contributed by atoms with Gasteiger partial charge < -0.3 is 10.1 Å². The van der Waals surface area contributed by atoms with Crippen molar-refractivity contribution in [2.75, 3.05) is 31.6 Å². The summed E-state index contributed by atoms with van der Waals surface area (Å²) in [4.78, 5) is 11.7. The molecule has 4 heterocycles. The highest BCUT2D eigenvalue weighted by atomic mass is 16.5. The van der Waals surface area contributed by atoms with Crippen molar-refractivity contribution in [3.8, 4) is 11.3 Å². The standard InChI is InChI=1S/C22H25N7O/c1-15-9-19(4-3-17(15)14-28-5-7-30-8-6-28)27-21-22-23-12-20(18-10-24-25-11-18)29(22)13-16(2)26-21/h3-4,9-13H,5-8,14H2,1-2H3,(H,24,25)(H,26,27). The monoisotopic (exact) mass is 403 g/mol. The van der Waals surface area contributed by atoms with E-state index in [-0.39, 0.29) is 0 Å². The molecule has 0 amide bonds. The van der Waals surface area contributed by atoms with Gasteiger partial charge in [0.25, 0.3) is 0 Å². The van der Waals surface area contributed by atoms with Crippen molar-refractivity contribution in [3.05, 3.63) is 59.8 Å². The van der Waals surface area contributed by atoms with E-state index in [4.69, 9.17) is 9.72 Å². The van der Waals surface area contributed by atoms with E-state index in [0.29, 0.717) is 0 Å². The molecule has 1 aliphatic heterocycles. The molecule has 4 aromatic rings. The first-order chi connectivity index (χ1) is 14.7. The predicted octanol–water partition coefficient (Wildman–Crippen LogP) is 3.31. The molecule has 3 aromatic heterocycles. The summed E-state index contributed by atoms with van der Waals surface area (Å²) in [5.41, 5.74) is 7.27. The van der Waals surface area contributed by atoms with Gasteiger partial charge in [0.1, 0.15) is 0 Å². The van der Waals surface area contributed by atoms with Crippen molar-refractivity contribution >= 4 is 17.2 Å². The Morgan fingerprint density at radius 1 is 1.17 bits per heavy atom. The van der Waals surface area contributed by atoms with Crippen molar-refractivity contribution in [3.63, 3.8) is 0 Å². The average Bonchev–Trinajstić information content (AvgIpc) is 3.40. The molecule has 0 radical (unpaired) electrons. The third kappa shape index (κ3) is 3.67. The highest BCUT2D eigenvalue weighted by Gasteiger charge is 2.14. The van der Waals surface area contributed by atoms with Gasteiger partial charge in [-0.3, -0.25) is 14.4 Å². The topological polar surface area (TPSA) is 83.4 Å². The van der Waals surface area contributed by atoms with Crippen molar-refractivity contribution < 1.29 is 4.74 Å². The van der Waals surface area contributed by atoms with E-state index in [9.17, 15) is 0 Å². The zero-order valence-electron chi connectivity index (χ0n) is 17.2. The van der Waals surface area contributed by atoms with Crippen molar-refractivity contribution in [1.29, 1.82) is 0 Å². The predicted molar refractivity (Wildman–Crippen MR) is 116 cm³/mol. The summed E-state index contributed by atoms with van der Waals surface area (Å²) in [6, 6.07) is 6.49. The summed E-state index contributed by atoms with van der Waals surface area (Å²) in [6.45, 7) is 8.72. The van der Waals surface area contributed by atoms with E-state index in [0.717, 1.165) is 67.0 Å². The summed E-state index contributed by atoms with van der Waals surface area (Å²) in [6.07, 6.45) is 7.50. The van der Waals surface area contributed by atoms with Crippen LogP contribution in [0.25, 0.3) is 16.9 Å². The molecule has 1 aromatic carbocycles. The van der Waals surface area contributed by atoms with Gasteiger partial charge in [-0.1, -0.05) is 6.07 Å². The highest BCUT2D eigenvalue weighted by Crippen LogP contribution is 2.26. The van der Waals surface area contributed by atoms with Crippen LogP contribution in [-0.2, 0) is 11.3 Å². The number of rotatable bonds is 5. The lowest BCUT2D eigenvalue weighted by molar-refractivity contribution is 0.0341. The van der Waals surface area contributed by atoms with Crippen LogP contribution in [0.4, 0.5) is 11.5 Å². The number of aromatic amines is 1. The minimum Gasteiger partial charge on any atom is -0.379 e. The summed E-state index contributed by atoms with van der Waals surface area (Å²) in [5, 5.41) is 10.4. The van der Waals surface area contributed by atoms with E-state index in [1.807, 2.05) is 25.5 Å². The van der Waals surface area contributed by atoms with Gasteiger partial charge in [0.2, 0.25) is 0 Å². The summed E-state index contributed by atoms with van der Waals surface area (Å²) in [5.74, 6) is 0.741. The van der Waals surface area contributed by atoms with Gasteiger partial charge in [0.05, 0.1) is 37.0 Å². The maximum absolute atomic E-state index is 5.45. The van der Waals surface area contributed by atoms with Gasteiger partial charge in [-0.15, -0.1) is 0 Å². The van der Waals surface area contributed by atoms with Crippen LogP contribution < -0.4 is 5.32 Å². The zero-order chi connectivity index (χ0) is 20.5. The zero-order valence-corrected chi connectivity index (χ0v) is 17.2. The van der Waals surface area contributed by atoms with Crippen LogP contribution in [0.2, 0.25) is 0 Å². The molecular formula is C22H25N7O. The third-order valence-corrected chi connectivity index (χ3v) is 5.51. The minimum atomic E-state index is 0.741.